The van der Waals surface area contributed by atoms with Crippen molar-refractivity contribution in [3.8, 4) is 0 Å². The summed E-state index contributed by atoms with van der Waals surface area (Å²) in [6.45, 7) is 1.92. The number of aryl methyl sites for hydroxylation is 1. The maximum atomic E-state index is 12.5. The first kappa shape index (κ1) is 13.3. The van der Waals surface area contributed by atoms with Gasteiger partial charge < -0.3 is 9.88 Å². The van der Waals surface area contributed by atoms with Crippen LogP contribution in [0.1, 0.15) is 29.0 Å². The van der Waals surface area contributed by atoms with Gasteiger partial charge in [-0.15, -0.1) is 0 Å². The number of hydrogen-bond acceptors (Lipinski definition) is 3. The molecule has 0 saturated carbocycles. The largest absolute Gasteiger partial charge is 0.344 e. The highest BCUT2D eigenvalue weighted by Crippen LogP contribution is 2.19. The Morgan fingerprint density at radius 2 is 2.00 bits per heavy atom. The molecule has 3 aromatic heterocycles. The van der Waals surface area contributed by atoms with Gasteiger partial charge in [0.1, 0.15) is 5.65 Å². The van der Waals surface area contributed by atoms with Crippen LogP contribution >= 0.6 is 0 Å². The Morgan fingerprint density at radius 3 is 2.76 bits per heavy atom. The van der Waals surface area contributed by atoms with E-state index in [0.29, 0.717) is 5.56 Å². The van der Waals surface area contributed by atoms with E-state index in [9.17, 15) is 4.79 Å². The Kier molecular flexibility index (Phi) is 3.39. The predicted molar refractivity (Wildman–Crippen MR) is 80.8 cm³/mol. The summed E-state index contributed by atoms with van der Waals surface area (Å²) in [4.78, 5) is 21.0. The van der Waals surface area contributed by atoms with Gasteiger partial charge >= 0.3 is 0 Å². The molecule has 3 rings (SSSR count). The summed E-state index contributed by atoms with van der Waals surface area (Å²) in [7, 11) is 1.88. The number of hydrogen-bond donors (Lipinski definition) is 1. The lowest BCUT2D eigenvalue weighted by molar-refractivity contribution is 0.0940. The van der Waals surface area contributed by atoms with Crippen LogP contribution in [0.15, 0.2) is 48.9 Å². The van der Waals surface area contributed by atoms with E-state index in [1.165, 1.54) is 0 Å². The fourth-order valence-electron chi connectivity index (χ4n) is 2.37. The quantitative estimate of drug-likeness (QED) is 0.801. The molecule has 0 aliphatic carbocycles. The topological polar surface area (TPSA) is 59.8 Å². The number of aromatic nitrogens is 3. The molecule has 0 saturated heterocycles. The molecule has 3 aromatic rings. The molecule has 5 heteroatoms. The first-order valence-corrected chi connectivity index (χ1v) is 6.78. The summed E-state index contributed by atoms with van der Waals surface area (Å²) in [5.41, 5.74) is 2.26. The van der Waals surface area contributed by atoms with Crippen LogP contribution in [-0.2, 0) is 7.05 Å². The second kappa shape index (κ2) is 5.36. The van der Waals surface area contributed by atoms with Crippen molar-refractivity contribution in [1.82, 2.24) is 19.9 Å². The zero-order valence-corrected chi connectivity index (χ0v) is 11.9. The molecule has 3 heterocycles. The lowest BCUT2D eigenvalue weighted by Crippen LogP contribution is -2.27. The predicted octanol–water partition coefficient (Wildman–Crippen LogP) is 2.46. The second-order valence-electron chi connectivity index (χ2n) is 4.98. The number of carbonyl (C=O) groups is 1. The zero-order valence-electron chi connectivity index (χ0n) is 11.9. The lowest BCUT2D eigenvalue weighted by Gasteiger charge is -2.12. The lowest BCUT2D eigenvalue weighted by atomic mass is 10.1. The van der Waals surface area contributed by atoms with E-state index < -0.39 is 0 Å². The van der Waals surface area contributed by atoms with Crippen LogP contribution in [0.5, 0.6) is 0 Å². The molecule has 0 aliphatic rings. The van der Waals surface area contributed by atoms with Gasteiger partial charge in [0.15, 0.2) is 0 Å². The van der Waals surface area contributed by atoms with Crippen LogP contribution in [0.3, 0.4) is 0 Å². The number of carbonyl (C=O) groups excluding carboxylic acids is 1. The molecule has 1 amide bonds. The molecule has 0 aromatic carbocycles. The smallest absolute Gasteiger partial charge is 0.254 e. The van der Waals surface area contributed by atoms with E-state index in [1.807, 2.05) is 48.9 Å². The fourth-order valence-corrected chi connectivity index (χ4v) is 2.37. The summed E-state index contributed by atoms with van der Waals surface area (Å²) >= 11 is 0. The Bertz CT molecular complexity index is 779. The minimum atomic E-state index is -0.148. The third-order valence-corrected chi connectivity index (χ3v) is 3.46. The van der Waals surface area contributed by atoms with Crippen LogP contribution in [0, 0.1) is 0 Å². The molecule has 0 bridgehead atoms. The molecular weight excluding hydrogens is 264 g/mol. The van der Waals surface area contributed by atoms with Crippen LogP contribution in [-0.4, -0.2) is 20.4 Å². The molecule has 21 heavy (non-hydrogen) atoms. The molecule has 1 N–H and O–H groups in total. The van der Waals surface area contributed by atoms with Crippen molar-refractivity contribution in [2.75, 3.05) is 0 Å². The first-order chi connectivity index (χ1) is 10.2. The van der Waals surface area contributed by atoms with E-state index in [-0.39, 0.29) is 11.9 Å². The highest BCUT2D eigenvalue weighted by Gasteiger charge is 2.17. The molecule has 0 spiro atoms. The molecule has 0 radical (unpaired) electrons. The van der Waals surface area contributed by atoms with Crippen molar-refractivity contribution in [3.63, 3.8) is 0 Å². The minimum absolute atomic E-state index is 0.119. The zero-order chi connectivity index (χ0) is 14.8. The second-order valence-corrected chi connectivity index (χ2v) is 4.98. The molecule has 0 unspecified atom stereocenters. The van der Waals surface area contributed by atoms with Gasteiger partial charge in [0.05, 0.1) is 17.3 Å². The summed E-state index contributed by atoms with van der Waals surface area (Å²) in [6, 6.07) is 9.26. The average molecular weight is 280 g/mol. The molecule has 1 atom stereocenters. The molecule has 5 nitrogen and oxygen atoms in total. The van der Waals surface area contributed by atoms with Crippen LogP contribution in [0.2, 0.25) is 0 Å². The SMILES string of the molecule is C[C@@H](NC(=O)c1cn(C)c2ncccc12)c1ccccn1. The number of amides is 1. The summed E-state index contributed by atoms with van der Waals surface area (Å²) in [5, 5.41) is 3.83. The van der Waals surface area contributed by atoms with E-state index in [1.54, 1.807) is 18.6 Å². The number of nitrogens with zero attached hydrogens (tertiary/aromatic N) is 3. The van der Waals surface area contributed by atoms with E-state index in [0.717, 1.165) is 16.7 Å². The number of rotatable bonds is 3. The molecule has 0 fully saturated rings. The Labute approximate surface area is 122 Å². The van der Waals surface area contributed by atoms with E-state index in [2.05, 4.69) is 15.3 Å². The summed E-state index contributed by atoms with van der Waals surface area (Å²) in [6.07, 6.45) is 5.25. The van der Waals surface area contributed by atoms with Gasteiger partial charge in [-0.3, -0.25) is 9.78 Å². The van der Waals surface area contributed by atoms with Gasteiger partial charge in [0.25, 0.3) is 5.91 Å². The van der Waals surface area contributed by atoms with Crippen LogP contribution in [0.4, 0.5) is 0 Å². The summed E-state index contributed by atoms with van der Waals surface area (Å²) in [5.74, 6) is -0.119. The van der Waals surface area contributed by atoms with Gasteiger partial charge in [0.2, 0.25) is 0 Å². The minimum Gasteiger partial charge on any atom is -0.344 e. The van der Waals surface area contributed by atoms with Crippen LogP contribution < -0.4 is 5.32 Å². The third kappa shape index (κ3) is 2.50. The van der Waals surface area contributed by atoms with Gasteiger partial charge in [0, 0.05) is 31.0 Å². The maximum Gasteiger partial charge on any atom is 0.254 e. The highest BCUT2D eigenvalue weighted by atomic mass is 16.1. The van der Waals surface area contributed by atoms with Crippen molar-refractivity contribution < 1.29 is 4.79 Å². The Morgan fingerprint density at radius 1 is 1.19 bits per heavy atom. The number of fused-ring (bicyclic) bond motifs is 1. The van der Waals surface area contributed by atoms with Crippen molar-refractivity contribution in [3.05, 3.63) is 60.2 Å². The Hall–Kier alpha value is -2.69. The Balaban J connectivity index is 1.88. The fraction of sp³-hybridized carbons (Fsp3) is 0.188. The van der Waals surface area contributed by atoms with E-state index in [4.69, 9.17) is 0 Å². The highest BCUT2D eigenvalue weighted by molar-refractivity contribution is 6.06. The monoisotopic (exact) mass is 280 g/mol. The van der Waals surface area contributed by atoms with Crippen molar-refractivity contribution >= 4 is 16.9 Å². The van der Waals surface area contributed by atoms with Crippen LogP contribution in [0.25, 0.3) is 11.0 Å². The normalized spacial score (nSPS) is 12.3. The van der Waals surface area contributed by atoms with Crippen molar-refractivity contribution in [1.29, 1.82) is 0 Å². The first-order valence-electron chi connectivity index (χ1n) is 6.78. The van der Waals surface area contributed by atoms with Crippen molar-refractivity contribution in [2.45, 2.75) is 13.0 Å². The van der Waals surface area contributed by atoms with Gasteiger partial charge in [-0.2, -0.15) is 0 Å². The van der Waals surface area contributed by atoms with Crippen molar-refractivity contribution in [2.24, 2.45) is 7.05 Å². The maximum absolute atomic E-state index is 12.5. The average Bonchev–Trinajstić information content (AvgIpc) is 2.86. The standard InChI is InChI=1S/C16H16N4O/c1-11(14-7-3-4-8-17-14)19-16(21)13-10-20(2)15-12(13)6-5-9-18-15/h3-11H,1-2H3,(H,19,21)/t11-/m1/s1. The molecular formula is C16H16N4O. The third-order valence-electron chi connectivity index (χ3n) is 3.46. The molecule has 106 valence electrons. The number of pyridine rings is 2. The van der Waals surface area contributed by atoms with E-state index >= 15 is 0 Å². The molecule has 0 aliphatic heterocycles. The van der Waals surface area contributed by atoms with Gasteiger partial charge in [-0.25, -0.2) is 4.98 Å². The summed E-state index contributed by atoms with van der Waals surface area (Å²) < 4.78 is 1.86. The van der Waals surface area contributed by atoms with Gasteiger partial charge in [-0.05, 0) is 31.2 Å². The van der Waals surface area contributed by atoms with Gasteiger partial charge in [-0.1, -0.05) is 6.07 Å². The number of nitrogens with one attached hydrogen (secondary N) is 1.